The highest BCUT2D eigenvalue weighted by Gasteiger charge is 2.27. The molecule has 2 heterocycles. The summed E-state index contributed by atoms with van der Waals surface area (Å²) in [6, 6.07) is 8.78. The Balaban J connectivity index is 1.35. The van der Waals surface area contributed by atoms with E-state index in [1.54, 1.807) is 7.11 Å². The van der Waals surface area contributed by atoms with Crippen molar-refractivity contribution in [3.8, 4) is 5.75 Å². The number of nitrogens with one attached hydrogen (secondary N) is 1. The molecule has 6 nitrogen and oxygen atoms in total. The fourth-order valence-electron chi connectivity index (χ4n) is 3.87. The van der Waals surface area contributed by atoms with Gasteiger partial charge in [0.15, 0.2) is 0 Å². The first kappa shape index (κ1) is 19.0. The topological polar surface area (TPSA) is 48.1 Å². The molecule has 0 aromatic heterocycles. The molecule has 0 aliphatic carbocycles. The van der Waals surface area contributed by atoms with Gasteiger partial charge in [-0.15, -0.1) is 0 Å². The van der Waals surface area contributed by atoms with Gasteiger partial charge in [0.25, 0.3) is 0 Å². The number of carbonyl (C=O) groups excluding carboxylic acids is 1. The van der Waals surface area contributed by atoms with Crippen LogP contribution in [-0.2, 0) is 6.42 Å². The van der Waals surface area contributed by atoms with Crippen LogP contribution in [0.25, 0.3) is 0 Å². The van der Waals surface area contributed by atoms with Crippen molar-refractivity contribution in [3.63, 3.8) is 0 Å². The molecule has 1 N–H and O–H groups in total. The first-order valence-corrected chi connectivity index (χ1v) is 9.74. The Morgan fingerprint density at radius 1 is 1.08 bits per heavy atom. The Morgan fingerprint density at radius 2 is 1.73 bits per heavy atom. The lowest BCUT2D eigenvalue weighted by Crippen LogP contribution is -2.55. The van der Waals surface area contributed by atoms with E-state index in [-0.39, 0.29) is 6.03 Å². The van der Waals surface area contributed by atoms with Crippen LogP contribution in [0, 0.1) is 0 Å². The lowest BCUT2D eigenvalue weighted by atomic mass is 10.0. The van der Waals surface area contributed by atoms with Crippen LogP contribution >= 0.6 is 0 Å². The molecular weight excluding hydrogens is 328 g/mol. The number of carbonyl (C=O) groups is 1. The number of rotatable bonds is 5. The molecule has 2 aliphatic heterocycles. The molecule has 0 saturated carbocycles. The third-order valence-electron chi connectivity index (χ3n) is 5.65. The highest BCUT2D eigenvalue weighted by atomic mass is 16.5. The van der Waals surface area contributed by atoms with E-state index in [1.165, 1.54) is 31.5 Å². The minimum Gasteiger partial charge on any atom is -0.497 e. The number of methoxy groups -OCH3 is 1. The Bertz CT molecular complexity index is 562. The van der Waals surface area contributed by atoms with Crippen molar-refractivity contribution < 1.29 is 9.53 Å². The lowest BCUT2D eigenvalue weighted by Gasteiger charge is -2.42. The van der Waals surface area contributed by atoms with Crippen molar-refractivity contribution >= 4 is 6.03 Å². The summed E-state index contributed by atoms with van der Waals surface area (Å²) < 4.78 is 5.17. The molecule has 0 bridgehead atoms. The molecule has 0 atom stereocenters. The number of piperidine rings is 1. The van der Waals surface area contributed by atoms with E-state index in [1.807, 2.05) is 29.2 Å². The van der Waals surface area contributed by atoms with Crippen molar-refractivity contribution in [1.29, 1.82) is 0 Å². The van der Waals surface area contributed by atoms with Gasteiger partial charge in [-0.1, -0.05) is 12.1 Å². The quantitative estimate of drug-likeness (QED) is 0.868. The second-order valence-corrected chi connectivity index (χ2v) is 7.39. The van der Waals surface area contributed by atoms with Crippen LogP contribution in [0.3, 0.4) is 0 Å². The summed E-state index contributed by atoms with van der Waals surface area (Å²) in [4.78, 5) is 19.3. The largest absolute Gasteiger partial charge is 0.497 e. The molecule has 0 unspecified atom stereocenters. The monoisotopic (exact) mass is 360 g/mol. The fourth-order valence-corrected chi connectivity index (χ4v) is 3.87. The molecule has 2 aliphatic rings. The van der Waals surface area contributed by atoms with Crippen LogP contribution in [0.5, 0.6) is 5.75 Å². The Labute approximate surface area is 157 Å². The third-order valence-corrected chi connectivity index (χ3v) is 5.65. The summed E-state index contributed by atoms with van der Waals surface area (Å²) in [5.74, 6) is 0.861. The van der Waals surface area contributed by atoms with Crippen LogP contribution in [-0.4, -0.2) is 86.7 Å². The van der Waals surface area contributed by atoms with Crippen molar-refractivity contribution in [2.24, 2.45) is 0 Å². The second-order valence-electron chi connectivity index (χ2n) is 7.39. The average molecular weight is 361 g/mol. The van der Waals surface area contributed by atoms with E-state index < -0.39 is 0 Å². The van der Waals surface area contributed by atoms with Gasteiger partial charge in [-0.2, -0.15) is 0 Å². The second kappa shape index (κ2) is 9.24. The summed E-state index contributed by atoms with van der Waals surface area (Å²) in [6.07, 6.45) is 3.35. The Hall–Kier alpha value is -1.79. The summed E-state index contributed by atoms with van der Waals surface area (Å²) in [5.41, 5.74) is 1.21. The lowest BCUT2D eigenvalue weighted by molar-refractivity contribution is 0.0750. The number of nitrogens with zero attached hydrogens (tertiary/aromatic N) is 3. The fraction of sp³-hybridized carbons (Fsp3) is 0.650. The van der Waals surface area contributed by atoms with E-state index in [9.17, 15) is 4.79 Å². The van der Waals surface area contributed by atoms with Crippen molar-refractivity contribution in [1.82, 2.24) is 20.0 Å². The maximum absolute atomic E-state index is 12.4. The van der Waals surface area contributed by atoms with Crippen LogP contribution in [0.15, 0.2) is 24.3 Å². The SMILES string of the molecule is COc1ccc(CCNC(=O)N2CCN(C3CCN(C)CC3)CC2)cc1. The zero-order chi connectivity index (χ0) is 18.4. The van der Waals surface area contributed by atoms with Gasteiger partial charge in [-0.25, -0.2) is 4.79 Å². The zero-order valence-corrected chi connectivity index (χ0v) is 16.1. The molecule has 1 aromatic carbocycles. The van der Waals surface area contributed by atoms with Gasteiger partial charge in [0.1, 0.15) is 5.75 Å². The predicted octanol–water partition coefficient (Wildman–Crippen LogP) is 1.66. The Morgan fingerprint density at radius 3 is 2.35 bits per heavy atom. The van der Waals surface area contributed by atoms with Gasteiger partial charge >= 0.3 is 6.03 Å². The number of amides is 2. The van der Waals surface area contributed by atoms with Crippen molar-refractivity contribution in [3.05, 3.63) is 29.8 Å². The van der Waals surface area contributed by atoms with Crippen molar-refractivity contribution in [2.75, 3.05) is 60.0 Å². The number of ether oxygens (including phenoxy) is 1. The highest BCUT2D eigenvalue weighted by Crippen LogP contribution is 2.17. The molecule has 2 amide bonds. The van der Waals surface area contributed by atoms with Gasteiger partial charge in [0, 0.05) is 38.8 Å². The van der Waals surface area contributed by atoms with Crippen molar-refractivity contribution in [2.45, 2.75) is 25.3 Å². The van der Waals surface area contributed by atoms with E-state index in [0.29, 0.717) is 12.6 Å². The zero-order valence-electron chi connectivity index (χ0n) is 16.1. The van der Waals surface area contributed by atoms with Gasteiger partial charge in [0.2, 0.25) is 0 Å². The molecule has 6 heteroatoms. The maximum atomic E-state index is 12.4. The van der Waals surface area contributed by atoms with E-state index >= 15 is 0 Å². The molecule has 0 radical (unpaired) electrons. The molecule has 26 heavy (non-hydrogen) atoms. The third kappa shape index (κ3) is 5.11. The number of piperazine rings is 1. The Kier molecular flexibility index (Phi) is 6.74. The summed E-state index contributed by atoms with van der Waals surface area (Å²) in [5, 5.41) is 3.06. The number of urea groups is 1. The maximum Gasteiger partial charge on any atom is 0.317 e. The van der Waals surface area contributed by atoms with Crippen LogP contribution < -0.4 is 10.1 Å². The van der Waals surface area contributed by atoms with E-state index in [2.05, 4.69) is 22.2 Å². The predicted molar refractivity (Wildman–Crippen MR) is 104 cm³/mol. The minimum atomic E-state index is 0.0709. The van der Waals surface area contributed by atoms with Gasteiger partial charge < -0.3 is 19.9 Å². The number of hydrogen-bond donors (Lipinski definition) is 1. The van der Waals surface area contributed by atoms with Crippen LogP contribution in [0.4, 0.5) is 4.79 Å². The van der Waals surface area contributed by atoms with Crippen LogP contribution in [0.2, 0.25) is 0 Å². The number of likely N-dealkylation sites (tertiary alicyclic amines) is 1. The number of hydrogen-bond acceptors (Lipinski definition) is 4. The van der Waals surface area contributed by atoms with Crippen LogP contribution in [0.1, 0.15) is 18.4 Å². The minimum absolute atomic E-state index is 0.0709. The molecule has 3 rings (SSSR count). The molecule has 2 saturated heterocycles. The van der Waals surface area contributed by atoms with Gasteiger partial charge in [0.05, 0.1) is 7.11 Å². The standard InChI is InChI=1S/C20H32N4O2/c1-22-11-8-18(9-12-22)23-13-15-24(16-14-23)20(25)21-10-7-17-3-5-19(26-2)6-4-17/h3-6,18H,7-16H2,1-2H3,(H,21,25). The average Bonchev–Trinajstić information content (AvgIpc) is 2.69. The summed E-state index contributed by atoms with van der Waals surface area (Å²) >= 11 is 0. The highest BCUT2D eigenvalue weighted by molar-refractivity contribution is 5.74. The van der Waals surface area contributed by atoms with E-state index in [4.69, 9.17) is 4.74 Å². The van der Waals surface area contributed by atoms with Gasteiger partial charge in [-0.3, -0.25) is 4.90 Å². The smallest absolute Gasteiger partial charge is 0.317 e. The first-order valence-electron chi connectivity index (χ1n) is 9.74. The van der Waals surface area contributed by atoms with E-state index in [0.717, 1.165) is 38.3 Å². The van der Waals surface area contributed by atoms with Gasteiger partial charge in [-0.05, 0) is 57.1 Å². The molecule has 0 spiro atoms. The molecule has 1 aromatic rings. The normalized spacial score (nSPS) is 20.2. The number of benzene rings is 1. The molecular formula is C20H32N4O2. The first-order chi connectivity index (χ1) is 12.7. The summed E-state index contributed by atoms with van der Waals surface area (Å²) in [6.45, 7) is 6.72. The molecule has 144 valence electrons. The molecule has 2 fully saturated rings. The summed E-state index contributed by atoms with van der Waals surface area (Å²) in [7, 11) is 3.87.